The second kappa shape index (κ2) is 16.9. The molecule has 1 aliphatic heterocycles. The highest BCUT2D eigenvalue weighted by atomic mass is 32.2. The van der Waals surface area contributed by atoms with Crippen LogP contribution in [0.25, 0.3) is 0 Å². The molecule has 2 aromatic carbocycles. The summed E-state index contributed by atoms with van der Waals surface area (Å²) in [4.78, 5) is 3.28. The summed E-state index contributed by atoms with van der Waals surface area (Å²) in [7, 11) is -14.3. The first-order valence-corrected chi connectivity index (χ1v) is 21.4. The Morgan fingerprint density at radius 3 is 1.92 bits per heavy atom. The van der Waals surface area contributed by atoms with Gasteiger partial charge in [0.15, 0.2) is 0 Å². The minimum absolute atomic E-state index is 0.125. The number of phosphoric ester groups is 1. The van der Waals surface area contributed by atoms with Gasteiger partial charge in [0.05, 0.1) is 28.4 Å². The molecule has 0 radical (unpaired) electrons. The number of rotatable bonds is 16. The molecule has 0 aliphatic carbocycles. The van der Waals surface area contributed by atoms with Gasteiger partial charge in [0, 0.05) is 56.0 Å². The lowest BCUT2D eigenvalue weighted by Gasteiger charge is -2.36. The standard InChI is InChI=1S/C31H48F3N4O8PS3/c1-29(2,3)45-47(39,46-30(4,5)6)44-21-20-38-18-16-37(17-19-38)15-14-24(23-48-25-10-8-7-9-11-25)36-27-13-12-26(50(35,42)43)22-28(27)49(40,41)31(32,33)34/h7-13,22,24,36H,14-21,23H2,1-6H3,(H2,35,42,43)/t24-/m1/s1. The van der Waals surface area contributed by atoms with E-state index in [0.29, 0.717) is 57.5 Å². The number of phosphoric acid groups is 1. The Hall–Kier alpha value is -1.73. The normalized spacial score (nSPS) is 16.8. The minimum Gasteiger partial charge on any atom is -0.380 e. The van der Waals surface area contributed by atoms with Crippen molar-refractivity contribution in [3.05, 3.63) is 48.5 Å². The molecular weight excluding hydrogens is 741 g/mol. The van der Waals surface area contributed by atoms with Crippen molar-refractivity contribution in [1.29, 1.82) is 0 Å². The van der Waals surface area contributed by atoms with Crippen LogP contribution in [0.5, 0.6) is 0 Å². The SMILES string of the molecule is CC(C)(C)OP(=O)(OCCN1CCN(CC[C@H](CSc2ccccc2)Nc2ccc(S(N)(=O)=O)cc2S(=O)(=O)C(F)(F)F)CC1)OC(C)(C)C. The Morgan fingerprint density at radius 1 is 0.880 bits per heavy atom. The Morgan fingerprint density at radius 2 is 1.42 bits per heavy atom. The van der Waals surface area contributed by atoms with Crippen molar-refractivity contribution < 1.29 is 48.1 Å². The molecule has 1 saturated heterocycles. The van der Waals surface area contributed by atoms with Crippen molar-refractivity contribution in [1.82, 2.24) is 9.80 Å². The number of halogens is 3. The maximum Gasteiger partial charge on any atom is 0.501 e. The maximum absolute atomic E-state index is 13.7. The van der Waals surface area contributed by atoms with Gasteiger partial charge in [-0.1, -0.05) is 18.2 Å². The van der Waals surface area contributed by atoms with Gasteiger partial charge in [-0.05, 0) is 78.3 Å². The molecule has 3 N–H and O–H groups in total. The third-order valence-electron chi connectivity index (χ3n) is 7.12. The smallest absolute Gasteiger partial charge is 0.380 e. The number of sulfonamides is 1. The number of alkyl halides is 3. The number of benzene rings is 2. The molecule has 0 spiro atoms. The molecule has 19 heteroatoms. The Balaban J connectivity index is 1.68. The van der Waals surface area contributed by atoms with Crippen LogP contribution >= 0.6 is 19.6 Å². The predicted molar refractivity (Wildman–Crippen MR) is 188 cm³/mol. The van der Waals surface area contributed by atoms with E-state index < -0.39 is 60.2 Å². The fourth-order valence-corrected chi connectivity index (χ4v) is 9.22. The van der Waals surface area contributed by atoms with Gasteiger partial charge in [0.25, 0.3) is 9.84 Å². The number of hydrogen-bond donors (Lipinski definition) is 2. The van der Waals surface area contributed by atoms with E-state index in [4.69, 9.17) is 18.7 Å². The zero-order valence-corrected chi connectivity index (χ0v) is 32.4. The summed E-state index contributed by atoms with van der Waals surface area (Å²) >= 11 is 1.44. The highest BCUT2D eigenvalue weighted by Gasteiger charge is 2.48. The van der Waals surface area contributed by atoms with Gasteiger partial charge in [-0.2, -0.15) is 13.2 Å². The van der Waals surface area contributed by atoms with E-state index >= 15 is 0 Å². The summed E-state index contributed by atoms with van der Waals surface area (Å²) in [5.41, 5.74) is -7.54. The first-order chi connectivity index (χ1) is 22.9. The highest BCUT2D eigenvalue weighted by Crippen LogP contribution is 2.55. The van der Waals surface area contributed by atoms with E-state index in [1.165, 1.54) is 11.8 Å². The molecule has 1 heterocycles. The third kappa shape index (κ3) is 13.7. The monoisotopic (exact) mass is 788 g/mol. The molecule has 0 saturated carbocycles. The second-order valence-corrected chi connectivity index (χ2v) is 19.9. The molecule has 1 fully saturated rings. The number of sulfone groups is 1. The van der Waals surface area contributed by atoms with Crippen LogP contribution in [0.4, 0.5) is 18.9 Å². The third-order valence-corrected chi connectivity index (χ3v) is 12.8. The van der Waals surface area contributed by atoms with Crippen LogP contribution in [0.2, 0.25) is 0 Å². The van der Waals surface area contributed by atoms with Crippen molar-refractivity contribution in [2.75, 3.05) is 56.9 Å². The summed E-state index contributed by atoms with van der Waals surface area (Å²) in [6.07, 6.45) is 0.433. The maximum atomic E-state index is 13.7. The molecule has 0 amide bonds. The molecule has 3 rings (SSSR count). The molecule has 0 aromatic heterocycles. The largest absolute Gasteiger partial charge is 0.501 e. The summed E-state index contributed by atoms with van der Waals surface area (Å²) in [5, 5.41) is 8.06. The number of nitrogens with two attached hydrogens (primary N) is 1. The van der Waals surface area contributed by atoms with Crippen LogP contribution < -0.4 is 10.5 Å². The van der Waals surface area contributed by atoms with Gasteiger partial charge in [-0.3, -0.25) is 18.5 Å². The lowest BCUT2D eigenvalue weighted by molar-refractivity contribution is -0.0436. The lowest BCUT2D eigenvalue weighted by atomic mass is 10.2. The molecule has 1 aliphatic rings. The number of piperazine rings is 1. The number of anilines is 1. The van der Waals surface area contributed by atoms with E-state index in [9.17, 15) is 34.6 Å². The topological polar surface area (TPSA) is 158 Å². The van der Waals surface area contributed by atoms with Crippen molar-refractivity contribution in [2.45, 2.75) is 85.4 Å². The van der Waals surface area contributed by atoms with Gasteiger partial charge < -0.3 is 10.2 Å². The van der Waals surface area contributed by atoms with Gasteiger partial charge in [0.2, 0.25) is 10.0 Å². The van der Waals surface area contributed by atoms with Crippen LogP contribution in [-0.2, 0) is 38.0 Å². The molecular formula is C31H48F3N4O8PS3. The highest BCUT2D eigenvalue weighted by molar-refractivity contribution is 7.99. The number of hydrogen-bond acceptors (Lipinski definition) is 12. The number of thioether (sulfide) groups is 1. The van der Waals surface area contributed by atoms with Crippen LogP contribution in [0.15, 0.2) is 63.2 Å². The zero-order valence-electron chi connectivity index (χ0n) is 29.1. The first-order valence-electron chi connectivity index (χ1n) is 15.9. The van der Waals surface area contributed by atoms with E-state index in [-0.39, 0.29) is 12.3 Å². The summed E-state index contributed by atoms with van der Waals surface area (Å²) in [6.45, 7) is 14.4. The van der Waals surface area contributed by atoms with E-state index in [1.54, 1.807) is 41.5 Å². The Bertz CT molecular complexity index is 1660. The molecule has 2 aromatic rings. The molecule has 12 nitrogen and oxygen atoms in total. The average Bonchev–Trinajstić information content (AvgIpc) is 2.96. The molecule has 50 heavy (non-hydrogen) atoms. The van der Waals surface area contributed by atoms with Crippen LogP contribution in [0, 0.1) is 0 Å². The van der Waals surface area contributed by atoms with Crippen molar-refractivity contribution in [3.63, 3.8) is 0 Å². The average molecular weight is 789 g/mol. The van der Waals surface area contributed by atoms with Crippen molar-refractivity contribution in [2.24, 2.45) is 5.14 Å². The van der Waals surface area contributed by atoms with Crippen molar-refractivity contribution >= 4 is 45.1 Å². The van der Waals surface area contributed by atoms with Gasteiger partial charge >= 0.3 is 13.3 Å². The minimum atomic E-state index is -5.93. The van der Waals surface area contributed by atoms with Crippen LogP contribution in [0.3, 0.4) is 0 Å². The number of nitrogens with one attached hydrogen (secondary N) is 1. The molecule has 0 unspecified atom stereocenters. The number of primary sulfonamides is 1. The van der Waals surface area contributed by atoms with Gasteiger partial charge in [-0.25, -0.2) is 26.5 Å². The molecule has 284 valence electrons. The van der Waals surface area contributed by atoms with Crippen molar-refractivity contribution in [3.8, 4) is 0 Å². The zero-order chi connectivity index (χ0) is 37.6. The second-order valence-electron chi connectivity index (χ2n) is 13.8. The van der Waals surface area contributed by atoms with Gasteiger partial charge in [0.1, 0.15) is 4.90 Å². The van der Waals surface area contributed by atoms with Gasteiger partial charge in [-0.15, -0.1) is 11.8 Å². The van der Waals surface area contributed by atoms with E-state index in [1.807, 2.05) is 30.3 Å². The van der Waals surface area contributed by atoms with E-state index in [2.05, 4.69) is 15.1 Å². The molecule has 0 bridgehead atoms. The predicted octanol–water partition coefficient (Wildman–Crippen LogP) is 5.96. The van der Waals surface area contributed by atoms with Crippen LogP contribution in [0.1, 0.15) is 48.0 Å². The Labute approximate surface area is 298 Å². The molecule has 1 atom stereocenters. The summed E-state index contributed by atoms with van der Waals surface area (Å²) < 4.78 is 120. The summed E-state index contributed by atoms with van der Waals surface area (Å²) in [5.74, 6) is 0.372. The quantitative estimate of drug-likeness (QED) is 0.152. The lowest BCUT2D eigenvalue weighted by Crippen LogP contribution is -2.48. The van der Waals surface area contributed by atoms with E-state index in [0.717, 1.165) is 17.0 Å². The summed E-state index contributed by atoms with van der Waals surface area (Å²) in [6, 6.07) is 11.2. The Kier molecular flexibility index (Phi) is 14.5. The van der Waals surface area contributed by atoms with Crippen LogP contribution in [-0.4, -0.2) is 101 Å². The fraction of sp³-hybridized carbons (Fsp3) is 0.613. The first kappa shape index (κ1) is 42.7. The fourth-order valence-electron chi connectivity index (χ4n) is 4.88. The number of nitrogens with zero attached hydrogens (tertiary/aromatic N) is 2.